The van der Waals surface area contributed by atoms with Crippen molar-refractivity contribution in [2.45, 2.75) is 25.9 Å². The third-order valence-electron chi connectivity index (χ3n) is 4.03. The topological polar surface area (TPSA) is 55.5 Å². The molecule has 3 heteroatoms. The van der Waals surface area contributed by atoms with Gasteiger partial charge in [0.05, 0.1) is 13.2 Å². The van der Waals surface area contributed by atoms with Crippen molar-refractivity contribution in [2.75, 3.05) is 13.7 Å². The summed E-state index contributed by atoms with van der Waals surface area (Å²) in [6, 6.07) is 13.8. The summed E-state index contributed by atoms with van der Waals surface area (Å²) < 4.78 is 5.25. The van der Waals surface area contributed by atoms with E-state index in [1.807, 2.05) is 42.5 Å². The van der Waals surface area contributed by atoms with Crippen LogP contribution >= 0.6 is 0 Å². The number of methoxy groups -OCH3 is 1. The summed E-state index contributed by atoms with van der Waals surface area (Å²) in [5, 5.41) is 10.7. The van der Waals surface area contributed by atoms with E-state index in [1.54, 1.807) is 7.11 Å². The lowest BCUT2D eigenvalue weighted by Gasteiger charge is -2.23. The Hall–Kier alpha value is -1.84. The normalized spacial score (nSPS) is 13.8. The lowest BCUT2D eigenvalue weighted by Crippen LogP contribution is -2.20. The molecule has 2 aromatic rings. The molecule has 0 saturated carbocycles. The van der Waals surface area contributed by atoms with E-state index in [0.717, 1.165) is 16.9 Å². The van der Waals surface area contributed by atoms with E-state index in [9.17, 15) is 5.11 Å². The van der Waals surface area contributed by atoms with Crippen LogP contribution in [0.15, 0.2) is 42.5 Å². The first-order chi connectivity index (χ1) is 10.1. The number of rotatable bonds is 5. The van der Waals surface area contributed by atoms with Crippen LogP contribution in [0.1, 0.15) is 34.3 Å². The number of ether oxygens (including phenoxy) is 1. The first kappa shape index (κ1) is 15.5. The van der Waals surface area contributed by atoms with Crippen LogP contribution in [-0.2, 0) is 0 Å². The summed E-state index contributed by atoms with van der Waals surface area (Å²) >= 11 is 0. The Balaban J connectivity index is 2.32. The number of benzene rings is 2. The van der Waals surface area contributed by atoms with Crippen LogP contribution in [0.5, 0.6) is 5.75 Å². The maximum Gasteiger partial charge on any atom is 0.119 e. The highest BCUT2D eigenvalue weighted by molar-refractivity contribution is 5.36. The number of hydrogen-bond acceptors (Lipinski definition) is 3. The third-order valence-corrected chi connectivity index (χ3v) is 4.03. The molecule has 21 heavy (non-hydrogen) atoms. The van der Waals surface area contributed by atoms with Gasteiger partial charge in [-0.2, -0.15) is 0 Å². The molecule has 2 atom stereocenters. The van der Waals surface area contributed by atoms with Gasteiger partial charge in [0.1, 0.15) is 5.75 Å². The number of aryl methyl sites for hydroxylation is 2. The molecule has 0 amide bonds. The molecule has 0 heterocycles. The molecule has 0 fully saturated rings. The quantitative estimate of drug-likeness (QED) is 0.887. The minimum absolute atomic E-state index is 0.151. The van der Waals surface area contributed by atoms with Crippen molar-refractivity contribution in [2.24, 2.45) is 5.73 Å². The maximum absolute atomic E-state index is 10.7. The molecular formula is C18H23NO2. The average molecular weight is 285 g/mol. The van der Waals surface area contributed by atoms with E-state index in [4.69, 9.17) is 10.5 Å². The molecule has 3 N–H and O–H groups in total. The number of aliphatic hydroxyl groups excluding tert-OH is 1. The van der Waals surface area contributed by atoms with Gasteiger partial charge < -0.3 is 15.6 Å². The van der Waals surface area contributed by atoms with E-state index < -0.39 is 6.10 Å². The largest absolute Gasteiger partial charge is 0.497 e. The summed E-state index contributed by atoms with van der Waals surface area (Å²) in [4.78, 5) is 0. The Kier molecular flexibility index (Phi) is 4.99. The van der Waals surface area contributed by atoms with Gasteiger partial charge in [-0.15, -0.1) is 0 Å². The van der Waals surface area contributed by atoms with Gasteiger partial charge in [0.25, 0.3) is 0 Å². The fourth-order valence-electron chi connectivity index (χ4n) is 2.50. The Labute approximate surface area is 126 Å². The summed E-state index contributed by atoms with van der Waals surface area (Å²) in [5.74, 6) is 0.625. The Morgan fingerprint density at radius 1 is 1.05 bits per heavy atom. The van der Waals surface area contributed by atoms with Gasteiger partial charge in [0.2, 0.25) is 0 Å². The zero-order valence-corrected chi connectivity index (χ0v) is 12.8. The number of hydrogen-bond donors (Lipinski definition) is 2. The lowest BCUT2D eigenvalue weighted by molar-refractivity contribution is 0.147. The predicted octanol–water partition coefficient (Wildman–Crippen LogP) is 3.09. The van der Waals surface area contributed by atoms with Crippen molar-refractivity contribution in [3.63, 3.8) is 0 Å². The second-order valence-corrected chi connectivity index (χ2v) is 5.41. The van der Waals surface area contributed by atoms with Crippen molar-refractivity contribution in [3.8, 4) is 5.75 Å². The highest BCUT2D eigenvalue weighted by Gasteiger charge is 2.22. The fraction of sp³-hybridized carbons (Fsp3) is 0.333. The van der Waals surface area contributed by atoms with Crippen LogP contribution in [0.25, 0.3) is 0 Å². The second-order valence-electron chi connectivity index (χ2n) is 5.41. The van der Waals surface area contributed by atoms with Crippen LogP contribution in [0.2, 0.25) is 0 Å². The first-order valence-electron chi connectivity index (χ1n) is 7.16. The molecule has 3 nitrogen and oxygen atoms in total. The zero-order valence-electron chi connectivity index (χ0n) is 12.8. The van der Waals surface area contributed by atoms with E-state index in [-0.39, 0.29) is 5.92 Å². The molecule has 2 unspecified atom stereocenters. The van der Waals surface area contributed by atoms with Crippen LogP contribution in [0.3, 0.4) is 0 Å². The molecule has 0 aliphatic heterocycles. The summed E-state index contributed by atoms with van der Waals surface area (Å²) in [5.41, 5.74) is 10.2. The van der Waals surface area contributed by atoms with Gasteiger partial charge in [-0.05, 0) is 48.2 Å². The summed E-state index contributed by atoms with van der Waals surface area (Å²) in [6.45, 7) is 4.49. The maximum atomic E-state index is 10.7. The smallest absolute Gasteiger partial charge is 0.119 e. The minimum atomic E-state index is -0.624. The van der Waals surface area contributed by atoms with Gasteiger partial charge in [-0.25, -0.2) is 0 Å². The summed E-state index contributed by atoms with van der Waals surface area (Å²) in [7, 11) is 1.64. The van der Waals surface area contributed by atoms with Crippen LogP contribution < -0.4 is 10.5 Å². The monoisotopic (exact) mass is 285 g/mol. The van der Waals surface area contributed by atoms with Crippen LogP contribution in [-0.4, -0.2) is 18.8 Å². The predicted molar refractivity (Wildman–Crippen MR) is 85.7 cm³/mol. The first-order valence-corrected chi connectivity index (χ1v) is 7.16. The summed E-state index contributed by atoms with van der Waals surface area (Å²) in [6.07, 6.45) is -0.624. The van der Waals surface area contributed by atoms with Crippen molar-refractivity contribution < 1.29 is 9.84 Å². The van der Waals surface area contributed by atoms with Crippen LogP contribution in [0, 0.1) is 13.8 Å². The SMILES string of the molecule is COc1cccc(C(CN)C(O)c2ccc(C)c(C)c2)c1. The molecule has 0 aliphatic carbocycles. The van der Waals surface area contributed by atoms with E-state index in [0.29, 0.717) is 6.54 Å². The number of aliphatic hydroxyl groups is 1. The molecular weight excluding hydrogens is 262 g/mol. The van der Waals surface area contributed by atoms with Gasteiger partial charge in [0, 0.05) is 12.5 Å². The molecule has 0 saturated heterocycles. The fourth-order valence-corrected chi connectivity index (χ4v) is 2.50. The van der Waals surface area contributed by atoms with E-state index in [2.05, 4.69) is 13.8 Å². The van der Waals surface area contributed by atoms with Gasteiger partial charge >= 0.3 is 0 Å². The van der Waals surface area contributed by atoms with Crippen molar-refractivity contribution in [1.82, 2.24) is 0 Å². The molecule has 0 aliphatic rings. The molecule has 2 rings (SSSR count). The Bertz CT molecular complexity index is 610. The highest BCUT2D eigenvalue weighted by Crippen LogP contribution is 2.32. The van der Waals surface area contributed by atoms with Gasteiger partial charge in [-0.3, -0.25) is 0 Å². The second kappa shape index (κ2) is 6.74. The van der Waals surface area contributed by atoms with Crippen molar-refractivity contribution in [1.29, 1.82) is 0 Å². The van der Waals surface area contributed by atoms with Gasteiger partial charge in [-0.1, -0.05) is 30.3 Å². The standard InChI is InChI=1S/C18H23NO2/c1-12-7-8-15(9-13(12)2)18(20)17(11-19)14-5-4-6-16(10-14)21-3/h4-10,17-18,20H,11,19H2,1-3H3. The van der Waals surface area contributed by atoms with E-state index >= 15 is 0 Å². The van der Waals surface area contributed by atoms with E-state index in [1.165, 1.54) is 11.1 Å². The van der Waals surface area contributed by atoms with Crippen molar-refractivity contribution >= 4 is 0 Å². The van der Waals surface area contributed by atoms with Gasteiger partial charge in [0.15, 0.2) is 0 Å². The molecule has 0 radical (unpaired) electrons. The third kappa shape index (κ3) is 3.43. The van der Waals surface area contributed by atoms with Crippen LogP contribution in [0.4, 0.5) is 0 Å². The molecule has 2 aromatic carbocycles. The molecule has 112 valence electrons. The Morgan fingerprint density at radius 3 is 2.43 bits per heavy atom. The molecule has 0 spiro atoms. The van der Waals surface area contributed by atoms with Crippen molar-refractivity contribution in [3.05, 3.63) is 64.7 Å². The highest BCUT2D eigenvalue weighted by atomic mass is 16.5. The lowest BCUT2D eigenvalue weighted by atomic mass is 9.88. The molecule has 0 bridgehead atoms. The molecule has 0 aromatic heterocycles. The Morgan fingerprint density at radius 2 is 1.81 bits per heavy atom. The average Bonchev–Trinajstić information content (AvgIpc) is 2.51. The number of nitrogens with two attached hydrogens (primary N) is 1. The minimum Gasteiger partial charge on any atom is -0.497 e. The zero-order chi connectivity index (χ0) is 15.4.